The monoisotopic (exact) mass is 479 g/mol. The number of rotatable bonds is 7. The van der Waals surface area contributed by atoms with Gasteiger partial charge in [0, 0.05) is 0 Å². The Bertz CT molecular complexity index is 942. The first-order chi connectivity index (χ1) is 15.1. The van der Waals surface area contributed by atoms with Crippen molar-refractivity contribution in [1.29, 1.82) is 0 Å². The molecule has 0 aromatic heterocycles. The van der Waals surface area contributed by atoms with E-state index in [0.717, 1.165) is 11.3 Å². The summed E-state index contributed by atoms with van der Waals surface area (Å²) in [5.74, 6) is 1.01. The molecule has 1 saturated carbocycles. The molecule has 32 heavy (non-hydrogen) atoms. The average molecular weight is 480 g/mol. The largest absolute Gasteiger partial charge is 0.461 e. The molecule has 8 heteroatoms. The molecule has 2 unspecified atom stereocenters. The van der Waals surface area contributed by atoms with Crippen LogP contribution in [0.3, 0.4) is 0 Å². The van der Waals surface area contributed by atoms with Gasteiger partial charge in [0.2, 0.25) is 0 Å². The second-order valence-corrected chi connectivity index (χ2v) is 8.71. The topological polar surface area (TPSA) is 87.8 Å². The Morgan fingerprint density at radius 2 is 1.69 bits per heavy atom. The lowest BCUT2D eigenvalue weighted by atomic mass is 10.1. The van der Waals surface area contributed by atoms with E-state index in [9.17, 15) is 9.59 Å². The van der Waals surface area contributed by atoms with Gasteiger partial charge < -0.3 is 19.9 Å². The second-order valence-electron chi connectivity index (χ2n) is 7.70. The van der Waals surface area contributed by atoms with Crippen LogP contribution in [0.4, 0.5) is 4.79 Å². The van der Waals surface area contributed by atoms with Crippen molar-refractivity contribution in [3.63, 3.8) is 0 Å². The number of nitrogens with two attached hydrogens (primary N) is 1. The molecular weight excluding hydrogens is 453 g/mol. The Morgan fingerprint density at radius 3 is 2.25 bits per heavy atom. The highest BCUT2D eigenvalue weighted by Crippen LogP contribution is 2.60. The van der Waals surface area contributed by atoms with Crippen LogP contribution in [0.15, 0.2) is 65.2 Å². The molecule has 172 valence electrons. The standard InChI is InChI=1S/C21H20Cl2O3.C3H7NO2/c1-21(2)17(12-18(22)23)19(21)20(24)25-13-14-7-6-10-16(11-14)26-15-8-4-3-5-9-15;1-2-6-3(4)5/h3-12,17,19H,13H2,1-2H3;2H2,1H3,(H2,4,5). The molecular formula is C24H27Cl2NO5. The van der Waals surface area contributed by atoms with Gasteiger partial charge in [0.1, 0.15) is 22.6 Å². The molecule has 1 aliphatic rings. The number of ether oxygens (including phenoxy) is 3. The molecule has 2 aromatic rings. The molecule has 2 aromatic carbocycles. The lowest BCUT2D eigenvalue weighted by Crippen LogP contribution is -2.11. The van der Waals surface area contributed by atoms with Crippen molar-refractivity contribution in [2.45, 2.75) is 27.4 Å². The molecule has 1 aliphatic carbocycles. The van der Waals surface area contributed by atoms with E-state index in [-0.39, 0.29) is 34.3 Å². The van der Waals surface area contributed by atoms with Crippen LogP contribution in [0.1, 0.15) is 26.3 Å². The van der Waals surface area contributed by atoms with E-state index in [4.69, 9.17) is 32.7 Å². The van der Waals surface area contributed by atoms with E-state index in [2.05, 4.69) is 10.5 Å². The average Bonchev–Trinajstić information content (AvgIpc) is 3.26. The molecule has 0 bridgehead atoms. The molecule has 0 aliphatic heterocycles. The molecule has 1 amide bonds. The Labute approximate surface area is 198 Å². The Kier molecular flexibility index (Phi) is 9.42. The summed E-state index contributed by atoms with van der Waals surface area (Å²) in [6.07, 6.45) is 1.00. The number of halogens is 2. The zero-order chi connectivity index (χ0) is 23.7. The van der Waals surface area contributed by atoms with Crippen LogP contribution in [-0.2, 0) is 20.9 Å². The number of benzene rings is 2. The second kappa shape index (κ2) is 11.8. The number of carbonyl (C=O) groups is 2. The highest BCUT2D eigenvalue weighted by Gasteiger charge is 2.61. The van der Waals surface area contributed by atoms with Crippen molar-refractivity contribution in [3.05, 3.63) is 70.7 Å². The number of primary amides is 1. The minimum atomic E-state index is -0.711. The fraction of sp³-hybridized carbons (Fsp3) is 0.333. The van der Waals surface area contributed by atoms with E-state index in [1.165, 1.54) is 0 Å². The third-order valence-corrected chi connectivity index (χ3v) is 5.27. The van der Waals surface area contributed by atoms with Crippen molar-refractivity contribution < 1.29 is 23.8 Å². The van der Waals surface area contributed by atoms with E-state index in [1.54, 1.807) is 13.0 Å². The van der Waals surface area contributed by atoms with Gasteiger partial charge in [-0.3, -0.25) is 4.79 Å². The number of esters is 1. The van der Waals surface area contributed by atoms with Crippen LogP contribution >= 0.6 is 23.2 Å². The maximum atomic E-state index is 12.4. The number of para-hydroxylation sites is 1. The van der Waals surface area contributed by atoms with Crippen LogP contribution in [-0.4, -0.2) is 18.7 Å². The summed E-state index contributed by atoms with van der Waals surface area (Å²) in [4.78, 5) is 22.0. The lowest BCUT2D eigenvalue weighted by Gasteiger charge is -2.09. The third-order valence-electron chi connectivity index (χ3n) is 5.02. The summed E-state index contributed by atoms with van der Waals surface area (Å²) in [6, 6.07) is 17.0. The molecule has 0 radical (unpaired) electrons. The Morgan fingerprint density at radius 1 is 1.03 bits per heavy atom. The van der Waals surface area contributed by atoms with Gasteiger partial charge in [0.25, 0.3) is 0 Å². The highest BCUT2D eigenvalue weighted by atomic mass is 35.5. The smallest absolute Gasteiger partial charge is 0.404 e. The summed E-state index contributed by atoms with van der Waals surface area (Å²) in [5.41, 5.74) is 5.22. The molecule has 0 saturated heterocycles. The normalized spacial score (nSPS) is 17.8. The fourth-order valence-electron chi connectivity index (χ4n) is 3.28. The fourth-order valence-corrected chi connectivity index (χ4v) is 3.56. The van der Waals surface area contributed by atoms with Crippen molar-refractivity contribution >= 4 is 35.3 Å². The van der Waals surface area contributed by atoms with Crippen LogP contribution in [0.25, 0.3) is 0 Å². The molecule has 2 atom stereocenters. The summed E-state index contributed by atoms with van der Waals surface area (Å²) >= 11 is 11.5. The van der Waals surface area contributed by atoms with Gasteiger partial charge in [0.05, 0.1) is 12.5 Å². The predicted octanol–water partition coefficient (Wildman–Crippen LogP) is 6.21. The summed E-state index contributed by atoms with van der Waals surface area (Å²) in [6.45, 7) is 6.26. The maximum absolute atomic E-state index is 12.4. The van der Waals surface area contributed by atoms with Gasteiger partial charge in [-0.25, -0.2) is 4.79 Å². The third kappa shape index (κ3) is 7.77. The van der Waals surface area contributed by atoms with Gasteiger partial charge in [-0.15, -0.1) is 0 Å². The Balaban J connectivity index is 0.000000534. The first-order valence-corrected chi connectivity index (χ1v) is 10.8. The van der Waals surface area contributed by atoms with Crippen LogP contribution in [0, 0.1) is 17.3 Å². The van der Waals surface area contributed by atoms with E-state index >= 15 is 0 Å². The molecule has 0 spiro atoms. The van der Waals surface area contributed by atoms with Crippen LogP contribution in [0.5, 0.6) is 11.5 Å². The van der Waals surface area contributed by atoms with Gasteiger partial charge >= 0.3 is 12.1 Å². The highest BCUT2D eigenvalue weighted by molar-refractivity contribution is 6.55. The molecule has 6 nitrogen and oxygen atoms in total. The van der Waals surface area contributed by atoms with Gasteiger partial charge in [-0.05, 0) is 54.2 Å². The molecule has 2 N–H and O–H groups in total. The lowest BCUT2D eigenvalue weighted by molar-refractivity contribution is -0.147. The minimum Gasteiger partial charge on any atom is -0.461 e. The van der Waals surface area contributed by atoms with Crippen molar-refractivity contribution in [2.75, 3.05) is 6.61 Å². The Hall–Kier alpha value is -2.70. The predicted molar refractivity (Wildman–Crippen MR) is 125 cm³/mol. The van der Waals surface area contributed by atoms with Gasteiger partial charge in [-0.2, -0.15) is 0 Å². The number of allylic oxidation sites excluding steroid dienone is 1. The van der Waals surface area contributed by atoms with Crippen molar-refractivity contribution in [2.24, 2.45) is 23.0 Å². The van der Waals surface area contributed by atoms with Crippen molar-refractivity contribution in [3.8, 4) is 11.5 Å². The summed E-state index contributed by atoms with van der Waals surface area (Å²) in [5, 5.41) is 0. The first-order valence-electron chi connectivity index (χ1n) is 10.1. The summed E-state index contributed by atoms with van der Waals surface area (Å²) < 4.78 is 15.7. The molecule has 1 fully saturated rings. The van der Waals surface area contributed by atoms with Crippen molar-refractivity contribution in [1.82, 2.24) is 0 Å². The van der Waals surface area contributed by atoms with E-state index in [1.807, 2.05) is 68.4 Å². The zero-order valence-corrected chi connectivity index (χ0v) is 19.7. The van der Waals surface area contributed by atoms with Gasteiger partial charge in [-0.1, -0.05) is 67.4 Å². The van der Waals surface area contributed by atoms with Crippen LogP contribution in [0.2, 0.25) is 0 Å². The van der Waals surface area contributed by atoms with E-state index in [0.29, 0.717) is 12.4 Å². The molecule has 0 heterocycles. The number of carbonyl (C=O) groups excluding carboxylic acids is 2. The van der Waals surface area contributed by atoms with E-state index < -0.39 is 6.09 Å². The number of hydrogen-bond donors (Lipinski definition) is 1. The zero-order valence-electron chi connectivity index (χ0n) is 18.2. The number of amides is 1. The molecule has 3 rings (SSSR count). The SMILES string of the molecule is CC1(C)C(C=C(Cl)Cl)C1C(=O)OCc1cccc(Oc2ccccc2)c1.CCOC(N)=O. The maximum Gasteiger partial charge on any atom is 0.404 e. The first kappa shape index (κ1) is 25.6. The van der Waals surface area contributed by atoms with Gasteiger partial charge in [0.15, 0.2) is 0 Å². The quantitative estimate of drug-likeness (QED) is 0.476. The summed E-state index contributed by atoms with van der Waals surface area (Å²) in [7, 11) is 0. The minimum absolute atomic E-state index is 0.00717. The van der Waals surface area contributed by atoms with Crippen LogP contribution < -0.4 is 10.5 Å². The number of hydrogen-bond acceptors (Lipinski definition) is 5.